The van der Waals surface area contributed by atoms with Crippen molar-refractivity contribution in [3.63, 3.8) is 0 Å². The van der Waals surface area contributed by atoms with E-state index in [0.29, 0.717) is 25.3 Å². The standard InChI is InChI=1S/C15H23N3O3/c1-17-8-5-11(9-17)10-18-13(20)15(6-3-2-4-7-15)12(19)16-14(18)21/h11H,2-10H2,1H3,(H,16,19,21). The molecule has 1 unspecified atom stereocenters. The summed E-state index contributed by atoms with van der Waals surface area (Å²) < 4.78 is 0. The van der Waals surface area contributed by atoms with Crippen molar-refractivity contribution in [3.05, 3.63) is 0 Å². The molecule has 21 heavy (non-hydrogen) atoms. The molecule has 116 valence electrons. The second kappa shape index (κ2) is 5.40. The summed E-state index contributed by atoms with van der Waals surface area (Å²) in [5.74, 6) is -0.318. The SMILES string of the molecule is CN1CCC(CN2C(=O)NC(=O)C3(CCCCC3)C2=O)C1. The number of likely N-dealkylation sites (tertiary alicyclic amines) is 1. The number of amides is 4. The molecule has 1 atom stereocenters. The van der Waals surface area contributed by atoms with Crippen molar-refractivity contribution < 1.29 is 14.4 Å². The summed E-state index contributed by atoms with van der Waals surface area (Å²) in [5.41, 5.74) is -0.976. The van der Waals surface area contributed by atoms with E-state index in [1.165, 1.54) is 4.90 Å². The second-order valence-corrected chi connectivity index (χ2v) is 6.73. The van der Waals surface area contributed by atoms with Crippen LogP contribution in [-0.2, 0) is 9.59 Å². The van der Waals surface area contributed by atoms with Gasteiger partial charge in [0, 0.05) is 13.1 Å². The molecular weight excluding hydrogens is 270 g/mol. The van der Waals surface area contributed by atoms with Gasteiger partial charge in [-0.15, -0.1) is 0 Å². The van der Waals surface area contributed by atoms with E-state index in [-0.39, 0.29) is 11.8 Å². The molecule has 0 aromatic heterocycles. The molecule has 4 amide bonds. The number of hydrogen-bond acceptors (Lipinski definition) is 4. The van der Waals surface area contributed by atoms with Crippen LogP contribution in [0.3, 0.4) is 0 Å². The molecule has 1 N–H and O–H groups in total. The van der Waals surface area contributed by atoms with Gasteiger partial charge in [-0.3, -0.25) is 19.8 Å². The number of urea groups is 1. The Morgan fingerprint density at radius 1 is 1.19 bits per heavy atom. The first-order valence-corrected chi connectivity index (χ1v) is 7.89. The van der Waals surface area contributed by atoms with Crippen molar-refractivity contribution in [1.82, 2.24) is 15.1 Å². The second-order valence-electron chi connectivity index (χ2n) is 6.73. The normalized spacial score (nSPS) is 30.0. The predicted molar refractivity (Wildman–Crippen MR) is 76.4 cm³/mol. The number of carbonyl (C=O) groups is 3. The minimum Gasteiger partial charge on any atom is -0.306 e. The molecule has 6 nitrogen and oxygen atoms in total. The van der Waals surface area contributed by atoms with Crippen LogP contribution in [0, 0.1) is 11.3 Å². The van der Waals surface area contributed by atoms with E-state index in [1.807, 2.05) is 7.05 Å². The number of nitrogens with one attached hydrogen (secondary N) is 1. The van der Waals surface area contributed by atoms with Gasteiger partial charge in [-0.2, -0.15) is 0 Å². The third kappa shape index (κ3) is 2.46. The fourth-order valence-electron chi connectivity index (χ4n) is 3.93. The molecule has 3 rings (SSSR count). The summed E-state index contributed by atoms with van der Waals surface area (Å²) in [6.07, 6.45) is 4.97. The summed E-state index contributed by atoms with van der Waals surface area (Å²) >= 11 is 0. The van der Waals surface area contributed by atoms with Crippen LogP contribution in [0.25, 0.3) is 0 Å². The average molecular weight is 293 g/mol. The van der Waals surface area contributed by atoms with E-state index in [9.17, 15) is 14.4 Å². The van der Waals surface area contributed by atoms with Crippen LogP contribution >= 0.6 is 0 Å². The van der Waals surface area contributed by atoms with Gasteiger partial charge >= 0.3 is 6.03 Å². The van der Waals surface area contributed by atoms with Crippen molar-refractivity contribution in [2.24, 2.45) is 11.3 Å². The summed E-state index contributed by atoms with van der Waals surface area (Å²) in [7, 11) is 2.05. The van der Waals surface area contributed by atoms with Crippen LogP contribution < -0.4 is 5.32 Å². The van der Waals surface area contributed by atoms with E-state index < -0.39 is 11.4 Å². The van der Waals surface area contributed by atoms with Gasteiger partial charge in [-0.1, -0.05) is 19.3 Å². The Labute approximate surface area is 124 Å². The lowest BCUT2D eigenvalue weighted by molar-refractivity contribution is -0.154. The summed E-state index contributed by atoms with van der Waals surface area (Å²) in [5, 5.41) is 2.42. The predicted octanol–water partition coefficient (Wildman–Crippen LogP) is 0.967. The van der Waals surface area contributed by atoms with Crippen LogP contribution in [0.5, 0.6) is 0 Å². The van der Waals surface area contributed by atoms with Crippen LogP contribution in [0.2, 0.25) is 0 Å². The molecule has 2 saturated heterocycles. The molecule has 2 aliphatic heterocycles. The number of carbonyl (C=O) groups excluding carboxylic acids is 3. The third-order valence-electron chi connectivity index (χ3n) is 5.19. The zero-order chi connectivity index (χ0) is 15.0. The van der Waals surface area contributed by atoms with E-state index in [1.54, 1.807) is 0 Å². The van der Waals surface area contributed by atoms with Crippen molar-refractivity contribution in [2.75, 3.05) is 26.7 Å². The topological polar surface area (TPSA) is 69.7 Å². The van der Waals surface area contributed by atoms with Gasteiger partial charge in [0.1, 0.15) is 5.41 Å². The number of nitrogens with zero attached hydrogens (tertiary/aromatic N) is 2. The Hall–Kier alpha value is -1.43. The van der Waals surface area contributed by atoms with E-state index in [0.717, 1.165) is 38.8 Å². The molecule has 2 heterocycles. The summed E-state index contributed by atoms with van der Waals surface area (Å²) in [4.78, 5) is 40.6. The monoisotopic (exact) mass is 293 g/mol. The van der Waals surface area contributed by atoms with Crippen molar-refractivity contribution >= 4 is 17.8 Å². The van der Waals surface area contributed by atoms with Crippen LogP contribution in [0.4, 0.5) is 4.79 Å². The van der Waals surface area contributed by atoms with Gasteiger partial charge < -0.3 is 4.90 Å². The lowest BCUT2D eigenvalue weighted by atomic mass is 9.71. The van der Waals surface area contributed by atoms with Crippen molar-refractivity contribution in [2.45, 2.75) is 38.5 Å². The number of imide groups is 2. The fourth-order valence-corrected chi connectivity index (χ4v) is 3.93. The third-order valence-corrected chi connectivity index (χ3v) is 5.19. The molecule has 1 saturated carbocycles. The highest BCUT2D eigenvalue weighted by Crippen LogP contribution is 2.40. The minimum atomic E-state index is -0.976. The van der Waals surface area contributed by atoms with Crippen molar-refractivity contribution in [3.8, 4) is 0 Å². The van der Waals surface area contributed by atoms with Crippen LogP contribution in [0.15, 0.2) is 0 Å². The maximum absolute atomic E-state index is 12.8. The number of hydrogen-bond donors (Lipinski definition) is 1. The van der Waals surface area contributed by atoms with E-state index in [4.69, 9.17) is 0 Å². The molecule has 0 aromatic rings. The molecule has 3 fully saturated rings. The molecule has 0 aromatic carbocycles. The lowest BCUT2D eigenvalue weighted by Crippen LogP contribution is -2.65. The fraction of sp³-hybridized carbons (Fsp3) is 0.800. The Bertz CT molecular complexity index is 471. The molecule has 6 heteroatoms. The molecule has 1 spiro atoms. The highest BCUT2D eigenvalue weighted by Gasteiger charge is 2.54. The Balaban J connectivity index is 1.78. The molecule has 0 radical (unpaired) electrons. The molecule has 0 bridgehead atoms. The van der Waals surface area contributed by atoms with Gasteiger partial charge in [0.05, 0.1) is 0 Å². The Morgan fingerprint density at radius 2 is 1.90 bits per heavy atom. The van der Waals surface area contributed by atoms with Crippen molar-refractivity contribution in [1.29, 1.82) is 0 Å². The van der Waals surface area contributed by atoms with Crippen LogP contribution in [-0.4, -0.2) is 54.3 Å². The van der Waals surface area contributed by atoms with Gasteiger partial charge in [-0.25, -0.2) is 4.79 Å². The van der Waals surface area contributed by atoms with Gasteiger partial charge in [0.2, 0.25) is 11.8 Å². The zero-order valence-electron chi connectivity index (χ0n) is 12.6. The minimum absolute atomic E-state index is 0.259. The van der Waals surface area contributed by atoms with Crippen LogP contribution in [0.1, 0.15) is 38.5 Å². The van der Waals surface area contributed by atoms with Gasteiger partial charge in [0.15, 0.2) is 0 Å². The largest absolute Gasteiger partial charge is 0.330 e. The zero-order valence-corrected chi connectivity index (χ0v) is 12.6. The van der Waals surface area contributed by atoms with Gasteiger partial charge in [-0.05, 0) is 38.8 Å². The molecule has 3 aliphatic rings. The maximum Gasteiger partial charge on any atom is 0.330 e. The number of barbiturate groups is 1. The summed E-state index contributed by atoms with van der Waals surface area (Å²) in [6, 6.07) is -0.532. The van der Waals surface area contributed by atoms with E-state index >= 15 is 0 Å². The highest BCUT2D eigenvalue weighted by molar-refractivity contribution is 6.19. The Kier molecular flexibility index (Phi) is 3.73. The lowest BCUT2D eigenvalue weighted by Gasteiger charge is -2.41. The average Bonchev–Trinajstić information content (AvgIpc) is 2.88. The number of rotatable bonds is 2. The first-order valence-electron chi connectivity index (χ1n) is 7.89. The first-order chi connectivity index (χ1) is 10.0. The quantitative estimate of drug-likeness (QED) is 0.770. The highest BCUT2D eigenvalue weighted by atomic mass is 16.2. The summed E-state index contributed by atoms with van der Waals surface area (Å²) in [6.45, 7) is 2.33. The van der Waals surface area contributed by atoms with Gasteiger partial charge in [0.25, 0.3) is 0 Å². The smallest absolute Gasteiger partial charge is 0.306 e. The first kappa shape index (κ1) is 14.5. The maximum atomic E-state index is 12.8. The molecular formula is C15H23N3O3. The van der Waals surface area contributed by atoms with E-state index in [2.05, 4.69) is 10.2 Å². The Morgan fingerprint density at radius 3 is 2.52 bits per heavy atom. The molecule has 1 aliphatic carbocycles.